The van der Waals surface area contributed by atoms with E-state index in [2.05, 4.69) is 19.2 Å². The first kappa shape index (κ1) is 16.1. The minimum absolute atomic E-state index is 0.0368. The quantitative estimate of drug-likeness (QED) is 0.870. The molecule has 7 heteroatoms. The molecule has 5 nitrogen and oxygen atoms in total. The lowest BCUT2D eigenvalue weighted by Crippen LogP contribution is -2.37. The van der Waals surface area contributed by atoms with Gasteiger partial charge in [0, 0.05) is 11.4 Å². The molecule has 0 bridgehead atoms. The molecule has 0 saturated heterocycles. The molecule has 2 atom stereocenters. The van der Waals surface area contributed by atoms with Gasteiger partial charge in [-0.15, -0.1) is 11.3 Å². The molecule has 0 fully saturated rings. The van der Waals surface area contributed by atoms with E-state index in [0.717, 1.165) is 17.8 Å². The number of rotatable bonds is 5. The molecule has 0 aliphatic heterocycles. The molecule has 1 aromatic rings. The molecule has 1 amide bonds. The molecule has 3 N–H and O–H groups in total. The first-order valence-corrected chi connectivity index (χ1v) is 8.52. The van der Waals surface area contributed by atoms with Crippen molar-refractivity contribution < 1.29 is 13.2 Å². The van der Waals surface area contributed by atoms with Crippen LogP contribution in [0.4, 0.5) is 0 Å². The fourth-order valence-corrected chi connectivity index (χ4v) is 3.70. The summed E-state index contributed by atoms with van der Waals surface area (Å²) in [5, 5.41) is 9.51. The second kappa shape index (κ2) is 6.02. The van der Waals surface area contributed by atoms with Crippen molar-refractivity contribution in [1.29, 1.82) is 0 Å². The fraction of sp³-hybridized carbons (Fsp3) is 0.583. The lowest BCUT2D eigenvalue weighted by atomic mass is 10.0. The summed E-state index contributed by atoms with van der Waals surface area (Å²) in [6.45, 7) is 7.65. The van der Waals surface area contributed by atoms with E-state index in [1.807, 2.05) is 6.92 Å². The zero-order valence-electron chi connectivity index (χ0n) is 11.6. The minimum Gasteiger partial charge on any atom is -0.349 e. The Bertz CT molecular complexity index is 564. The van der Waals surface area contributed by atoms with Crippen molar-refractivity contribution in [2.45, 2.75) is 44.4 Å². The highest BCUT2D eigenvalue weighted by molar-refractivity contribution is 7.91. The molecule has 0 aliphatic carbocycles. The van der Waals surface area contributed by atoms with E-state index < -0.39 is 10.0 Å². The SMILES string of the molecule is CCC(C)C(C)NC(=O)c1csc(S(N)(=O)=O)c1C. The largest absolute Gasteiger partial charge is 0.349 e. The Morgan fingerprint density at radius 2 is 2.05 bits per heavy atom. The Morgan fingerprint density at radius 1 is 1.47 bits per heavy atom. The molecule has 1 rings (SSSR count). The third kappa shape index (κ3) is 3.77. The molecular formula is C12H20N2O3S2. The molecule has 0 saturated carbocycles. The van der Waals surface area contributed by atoms with Gasteiger partial charge in [0.25, 0.3) is 5.91 Å². The van der Waals surface area contributed by atoms with Gasteiger partial charge in [0.05, 0.1) is 5.56 Å². The van der Waals surface area contributed by atoms with Gasteiger partial charge in [-0.25, -0.2) is 13.6 Å². The van der Waals surface area contributed by atoms with E-state index in [9.17, 15) is 13.2 Å². The van der Waals surface area contributed by atoms with Gasteiger partial charge in [0.2, 0.25) is 10.0 Å². The molecule has 108 valence electrons. The number of nitrogens with two attached hydrogens (primary N) is 1. The summed E-state index contributed by atoms with van der Waals surface area (Å²) in [4.78, 5) is 12.1. The van der Waals surface area contributed by atoms with Crippen molar-refractivity contribution in [2.75, 3.05) is 0 Å². The Balaban J connectivity index is 2.94. The molecule has 0 aliphatic rings. The molecule has 19 heavy (non-hydrogen) atoms. The van der Waals surface area contributed by atoms with Crippen LogP contribution in [0, 0.1) is 12.8 Å². The summed E-state index contributed by atoms with van der Waals surface area (Å²) in [6, 6.07) is 0.0368. The first-order valence-electron chi connectivity index (χ1n) is 6.10. The summed E-state index contributed by atoms with van der Waals surface area (Å²) >= 11 is 0.979. The number of sulfonamides is 1. The van der Waals surface area contributed by atoms with Gasteiger partial charge in [-0.1, -0.05) is 20.3 Å². The summed E-state index contributed by atoms with van der Waals surface area (Å²) in [7, 11) is -3.76. The third-order valence-electron chi connectivity index (χ3n) is 3.35. The highest BCUT2D eigenvalue weighted by atomic mass is 32.2. The van der Waals surface area contributed by atoms with Crippen LogP contribution in [0.2, 0.25) is 0 Å². The van der Waals surface area contributed by atoms with Crippen LogP contribution in [-0.2, 0) is 10.0 Å². The van der Waals surface area contributed by atoms with Crippen LogP contribution in [0.1, 0.15) is 43.1 Å². The van der Waals surface area contributed by atoms with E-state index >= 15 is 0 Å². The van der Waals surface area contributed by atoms with Crippen molar-refractivity contribution in [3.8, 4) is 0 Å². The number of amides is 1. The van der Waals surface area contributed by atoms with E-state index in [-0.39, 0.29) is 16.2 Å². The van der Waals surface area contributed by atoms with Crippen LogP contribution < -0.4 is 10.5 Å². The predicted octanol–water partition coefficient (Wildman–Crippen LogP) is 1.87. The number of carbonyl (C=O) groups is 1. The van der Waals surface area contributed by atoms with Crippen LogP contribution in [0.15, 0.2) is 9.59 Å². The second-order valence-electron chi connectivity index (χ2n) is 4.75. The standard InChI is InChI=1S/C12H20N2O3S2/c1-5-7(2)9(4)14-11(15)10-6-18-12(8(10)3)19(13,16)17/h6-7,9H,5H2,1-4H3,(H,14,15)(H2,13,16,17). The van der Waals surface area contributed by atoms with Crippen LogP contribution in [0.3, 0.4) is 0 Å². The maximum atomic E-state index is 12.1. The Labute approximate surface area is 118 Å². The van der Waals surface area contributed by atoms with Gasteiger partial charge in [-0.05, 0) is 25.3 Å². The minimum atomic E-state index is -3.76. The van der Waals surface area contributed by atoms with Crippen LogP contribution in [0.5, 0.6) is 0 Å². The number of hydrogen-bond acceptors (Lipinski definition) is 4. The first-order chi connectivity index (χ1) is 8.68. The molecular weight excluding hydrogens is 284 g/mol. The number of nitrogens with one attached hydrogen (secondary N) is 1. The Hall–Kier alpha value is -0.920. The van der Waals surface area contributed by atoms with Gasteiger partial charge < -0.3 is 5.32 Å². The molecule has 0 spiro atoms. The number of carbonyl (C=O) groups excluding carboxylic acids is 1. The van der Waals surface area contributed by atoms with Crippen LogP contribution >= 0.6 is 11.3 Å². The van der Waals surface area contributed by atoms with Gasteiger partial charge >= 0.3 is 0 Å². The smallest absolute Gasteiger partial charge is 0.252 e. The average Bonchev–Trinajstić information content (AvgIpc) is 2.69. The van der Waals surface area contributed by atoms with Crippen LogP contribution in [0.25, 0.3) is 0 Å². The molecule has 1 aromatic heterocycles. The van der Waals surface area contributed by atoms with E-state index in [1.54, 1.807) is 6.92 Å². The third-order valence-corrected chi connectivity index (χ3v) is 6.04. The van der Waals surface area contributed by atoms with E-state index in [4.69, 9.17) is 5.14 Å². The lowest BCUT2D eigenvalue weighted by Gasteiger charge is -2.19. The van der Waals surface area contributed by atoms with E-state index in [0.29, 0.717) is 17.0 Å². The monoisotopic (exact) mass is 304 g/mol. The Morgan fingerprint density at radius 3 is 2.47 bits per heavy atom. The zero-order valence-corrected chi connectivity index (χ0v) is 13.2. The lowest BCUT2D eigenvalue weighted by molar-refractivity contribution is 0.0928. The van der Waals surface area contributed by atoms with Gasteiger partial charge in [0.15, 0.2) is 0 Å². The van der Waals surface area contributed by atoms with Crippen molar-refractivity contribution in [2.24, 2.45) is 11.1 Å². The van der Waals surface area contributed by atoms with Gasteiger partial charge in [0.1, 0.15) is 4.21 Å². The summed E-state index contributed by atoms with van der Waals surface area (Å²) < 4.78 is 22.7. The molecule has 2 unspecified atom stereocenters. The van der Waals surface area contributed by atoms with Crippen molar-refractivity contribution in [3.05, 3.63) is 16.5 Å². The van der Waals surface area contributed by atoms with Gasteiger partial charge in [-0.3, -0.25) is 4.79 Å². The summed E-state index contributed by atoms with van der Waals surface area (Å²) in [6.07, 6.45) is 0.965. The predicted molar refractivity (Wildman–Crippen MR) is 76.8 cm³/mol. The molecule has 0 aromatic carbocycles. The number of primary sulfonamides is 1. The maximum Gasteiger partial charge on any atom is 0.252 e. The van der Waals surface area contributed by atoms with E-state index in [1.165, 1.54) is 5.38 Å². The normalized spacial score (nSPS) is 15.0. The number of hydrogen-bond donors (Lipinski definition) is 2. The van der Waals surface area contributed by atoms with Gasteiger partial charge in [-0.2, -0.15) is 0 Å². The zero-order chi connectivity index (χ0) is 14.8. The Kier molecular flexibility index (Phi) is 5.11. The van der Waals surface area contributed by atoms with Crippen molar-refractivity contribution in [1.82, 2.24) is 5.32 Å². The van der Waals surface area contributed by atoms with Crippen molar-refractivity contribution >= 4 is 27.3 Å². The average molecular weight is 304 g/mol. The van der Waals surface area contributed by atoms with Crippen molar-refractivity contribution in [3.63, 3.8) is 0 Å². The maximum absolute atomic E-state index is 12.1. The highest BCUT2D eigenvalue weighted by Crippen LogP contribution is 2.25. The molecule has 1 heterocycles. The summed E-state index contributed by atoms with van der Waals surface area (Å²) in [5.41, 5.74) is 0.797. The second-order valence-corrected chi connectivity index (χ2v) is 7.39. The topological polar surface area (TPSA) is 89.3 Å². The highest BCUT2D eigenvalue weighted by Gasteiger charge is 2.22. The number of thiophene rings is 1. The van der Waals surface area contributed by atoms with Crippen LogP contribution in [-0.4, -0.2) is 20.4 Å². The summed E-state index contributed by atoms with van der Waals surface area (Å²) in [5.74, 6) is 0.108. The molecule has 0 radical (unpaired) electrons. The fourth-order valence-electron chi connectivity index (χ4n) is 1.68.